The summed E-state index contributed by atoms with van der Waals surface area (Å²) in [7, 11) is 1.61. The third kappa shape index (κ3) is 2.72. The molecule has 3 rings (SSSR count). The molecule has 112 valence electrons. The van der Waals surface area contributed by atoms with Gasteiger partial charge in [0.15, 0.2) is 0 Å². The summed E-state index contributed by atoms with van der Waals surface area (Å²) in [5.74, 6) is -0.932. The van der Waals surface area contributed by atoms with E-state index in [0.717, 1.165) is 4.70 Å². The van der Waals surface area contributed by atoms with Crippen molar-refractivity contribution in [1.29, 1.82) is 0 Å². The summed E-state index contributed by atoms with van der Waals surface area (Å²) in [6.07, 6.45) is 0. The van der Waals surface area contributed by atoms with E-state index in [1.54, 1.807) is 43.4 Å². The summed E-state index contributed by atoms with van der Waals surface area (Å²) in [6.45, 7) is 0.169. The van der Waals surface area contributed by atoms with Crippen LogP contribution in [0.15, 0.2) is 48.5 Å². The van der Waals surface area contributed by atoms with Gasteiger partial charge in [-0.3, -0.25) is 4.79 Å². The van der Waals surface area contributed by atoms with Crippen molar-refractivity contribution in [2.75, 3.05) is 7.05 Å². The highest BCUT2D eigenvalue weighted by Gasteiger charge is 2.17. The van der Waals surface area contributed by atoms with Gasteiger partial charge < -0.3 is 4.90 Å². The Labute approximate surface area is 130 Å². The largest absolute Gasteiger partial charge is 0.337 e. The normalized spacial score (nSPS) is 10.9. The average molecular weight is 317 g/mol. The number of hydrogen-bond donors (Lipinski definition) is 0. The molecular weight excluding hydrogens is 304 g/mol. The molecule has 5 heteroatoms. The molecule has 3 aromatic rings. The van der Waals surface area contributed by atoms with Crippen molar-refractivity contribution >= 4 is 27.3 Å². The number of carbonyl (C=O) groups excluding carboxylic acids is 1. The Hall–Kier alpha value is -2.27. The van der Waals surface area contributed by atoms with Crippen LogP contribution in [0.4, 0.5) is 8.78 Å². The lowest BCUT2D eigenvalue weighted by atomic mass is 10.2. The van der Waals surface area contributed by atoms with E-state index in [9.17, 15) is 13.6 Å². The van der Waals surface area contributed by atoms with Crippen molar-refractivity contribution in [1.82, 2.24) is 4.90 Å². The van der Waals surface area contributed by atoms with Crippen molar-refractivity contribution < 1.29 is 13.6 Å². The molecule has 0 fully saturated rings. The highest BCUT2D eigenvalue weighted by atomic mass is 32.1. The SMILES string of the molecule is CN(Cc1ccccc1F)C(=O)c1cc2c(F)cccc2s1. The molecule has 0 aliphatic heterocycles. The molecule has 1 aromatic heterocycles. The molecule has 2 aromatic carbocycles. The van der Waals surface area contributed by atoms with Crippen LogP contribution in [0.1, 0.15) is 15.2 Å². The molecule has 0 N–H and O–H groups in total. The monoisotopic (exact) mass is 317 g/mol. The van der Waals surface area contributed by atoms with Crippen LogP contribution in [0.3, 0.4) is 0 Å². The smallest absolute Gasteiger partial charge is 0.264 e. The maximum atomic E-state index is 13.7. The number of amides is 1. The van der Waals surface area contributed by atoms with E-state index in [-0.39, 0.29) is 24.1 Å². The van der Waals surface area contributed by atoms with Gasteiger partial charge in [-0.1, -0.05) is 24.3 Å². The van der Waals surface area contributed by atoms with Crippen LogP contribution in [-0.4, -0.2) is 17.9 Å². The minimum Gasteiger partial charge on any atom is -0.337 e. The Kier molecular flexibility index (Phi) is 3.90. The Bertz CT molecular complexity index is 844. The number of thiophene rings is 1. The molecule has 1 amide bonds. The van der Waals surface area contributed by atoms with E-state index in [0.29, 0.717) is 15.8 Å². The molecule has 0 saturated heterocycles. The molecule has 0 atom stereocenters. The van der Waals surface area contributed by atoms with E-state index < -0.39 is 0 Å². The van der Waals surface area contributed by atoms with Crippen LogP contribution < -0.4 is 0 Å². The molecule has 0 unspecified atom stereocenters. The summed E-state index contributed by atoms with van der Waals surface area (Å²) in [5.41, 5.74) is 0.450. The zero-order chi connectivity index (χ0) is 15.7. The minimum absolute atomic E-state index is 0.169. The number of fused-ring (bicyclic) bond motifs is 1. The number of benzene rings is 2. The summed E-state index contributed by atoms with van der Waals surface area (Å²) in [6, 6.07) is 12.7. The lowest BCUT2D eigenvalue weighted by Gasteiger charge is -2.16. The van der Waals surface area contributed by atoms with Crippen molar-refractivity contribution in [2.24, 2.45) is 0 Å². The Morgan fingerprint density at radius 3 is 2.55 bits per heavy atom. The second kappa shape index (κ2) is 5.85. The summed E-state index contributed by atoms with van der Waals surface area (Å²) in [4.78, 5) is 14.3. The first-order valence-electron chi connectivity index (χ1n) is 6.73. The summed E-state index contributed by atoms with van der Waals surface area (Å²) >= 11 is 1.24. The fourth-order valence-corrected chi connectivity index (χ4v) is 3.34. The van der Waals surface area contributed by atoms with Crippen LogP contribution in [0.5, 0.6) is 0 Å². The van der Waals surface area contributed by atoms with Gasteiger partial charge in [0.2, 0.25) is 0 Å². The maximum absolute atomic E-state index is 13.7. The van der Waals surface area contributed by atoms with Crippen LogP contribution in [0, 0.1) is 11.6 Å². The molecule has 22 heavy (non-hydrogen) atoms. The van der Waals surface area contributed by atoms with Crippen molar-refractivity contribution in [3.63, 3.8) is 0 Å². The maximum Gasteiger partial charge on any atom is 0.264 e. The number of rotatable bonds is 3. The highest BCUT2D eigenvalue weighted by Crippen LogP contribution is 2.28. The molecule has 0 radical (unpaired) electrons. The second-order valence-corrected chi connectivity index (χ2v) is 6.10. The predicted molar refractivity (Wildman–Crippen MR) is 84.0 cm³/mol. The van der Waals surface area contributed by atoms with E-state index in [1.807, 2.05) is 0 Å². The number of carbonyl (C=O) groups is 1. The van der Waals surface area contributed by atoms with Crippen molar-refractivity contribution in [3.8, 4) is 0 Å². The van der Waals surface area contributed by atoms with Crippen molar-refractivity contribution in [2.45, 2.75) is 6.54 Å². The number of halogens is 2. The minimum atomic E-state index is -0.343. The zero-order valence-electron chi connectivity index (χ0n) is 11.8. The van der Waals surface area contributed by atoms with Gasteiger partial charge >= 0.3 is 0 Å². The van der Waals surface area contributed by atoms with Crippen molar-refractivity contribution in [3.05, 3.63) is 70.6 Å². The number of hydrogen-bond acceptors (Lipinski definition) is 2. The quantitative estimate of drug-likeness (QED) is 0.699. The van der Waals surface area contributed by atoms with Gasteiger partial charge in [0, 0.05) is 29.2 Å². The zero-order valence-corrected chi connectivity index (χ0v) is 12.7. The van der Waals surface area contributed by atoms with E-state index >= 15 is 0 Å². The molecule has 2 nitrogen and oxygen atoms in total. The molecule has 1 heterocycles. The molecule has 0 bridgehead atoms. The fourth-order valence-electron chi connectivity index (χ4n) is 2.27. The Morgan fingerprint density at radius 1 is 1.09 bits per heavy atom. The third-order valence-corrected chi connectivity index (χ3v) is 4.52. The molecule has 0 aliphatic carbocycles. The topological polar surface area (TPSA) is 20.3 Å². The average Bonchev–Trinajstić information content (AvgIpc) is 2.94. The lowest BCUT2D eigenvalue weighted by molar-refractivity contribution is 0.0788. The van der Waals surface area contributed by atoms with Gasteiger partial charge in [0.05, 0.1) is 4.88 Å². The van der Waals surface area contributed by atoms with Crippen LogP contribution in [0.2, 0.25) is 0 Å². The Balaban J connectivity index is 1.86. The van der Waals surface area contributed by atoms with E-state index in [4.69, 9.17) is 0 Å². The van der Waals surface area contributed by atoms with Gasteiger partial charge in [0.1, 0.15) is 11.6 Å². The molecular formula is C17H13F2NOS. The van der Waals surface area contributed by atoms with E-state index in [2.05, 4.69) is 0 Å². The molecule has 0 saturated carbocycles. The second-order valence-electron chi connectivity index (χ2n) is 5.01. The summed E-state index contributed by atoms with van der Waals surface area (Å²) in [5, 5.41) is 0.440. The van der Waals surface area contributed by atoms with Gasteiger partial charge in [-0.2, -0.15) is 0 Å². The first-order valence-corrected chi connectivity index (χ1v) is 7.55. The van der Waals surface area contributed by atoms with Crippen LogP contribution in [0.25, 0.3) is 10.1 Å². The van der Waals surface area contributed by atoms with Gasteiger partial charge in [-0.15, -0.1) is 11.3 Å². The summed E-state index contributed by atoms with van der Waals surface area (Å²) < 4.78 is 28.1. The predicted octanol–water partition coefficient (Wildman–Crippen LogP) is 4.45. The third-order valence-electron chi connectivity index (χ3n) is 3.43. The van der Waals surface area contributed by atoms with Gasteiger partial charge in [-0.05, 0) is 24.3 Å². The van der Waals surface area contributed by atoms with E-state index in [1.165, 1.54) is 28.4 Å². The van der Waals surface area contributed by atoms with Crippen LogP contribution in [-0.2, 0) is 6.54 Å². The van der Waals surface area contributed by atoms with Gasteiger partial charge in [-0.25, -0.2) is 8.78 Å². The first-order chi connectivity index (χ1) is 10.6. The lowest BCUT2D eigenvalue weighted by Crippen LogP contribution is -2.25. The van der Waals surface area contributed by atoms with Gasteiger partial charge in [0.25, 0.3) is 5.91 Å². The fraction of sp³-hybridized carbons (Fsp3) is 0.118. The number of nitrogens with zero attached hydrogens (tertiary/aromatic N) is 1. The standard InChI is InChI=1S/C17H13F2NOS/c1-20(10-11-5-2-3-6-13(11)18)17(21)16-9-12-14(19)7-4-8-15(12)22-16/h2-9H,10H2,1H3. The van der Waals surface area contributed by atoms with Crippen LogP contribution >= 0.6 is 11.3 Å². The Morgan fingerprint density at radius 2 is 1.82 bits per heavy atom. The molecule has 0 aliphatic rings. The highest BCUT2D eigenvalue weighted by molar-refractivity contribution is 7.20. The molecule has 0 spiro atoms. The first kappa shape index (κ1) is 14.7.